The van der Waals surface area contributed by atoms with Crippen molar-refractivity contribution in [3.63, 3.8) is 0 Å². The van der Waals surface area contributed by atoms with Crippen molar-refractivity contribution >= 4 is 39.3 Å². The van der Waals surface area contributed by atoms with Gasteiger partial charge in [0.15, 0.2) is 0 Å². The number of hydrogen-bond acceptors (Lipinski definition) is 4. The van der Waals surface area contributed by atoms with Crippen LogP contribution in [0.5, 0.6) is 0 Å². The average molecular weight is 351 g/mol. The zero-order valence-corrected chi connectivity index (χ0v) is 13.4. The Hall–Kier alpha value is -1.01. The Labute approximate surface area is 126 Å². The SMILES string of the molecule is CC(C)(C)OC(=O)NCCNc1cnc(Cl)c(Br)c1. The van der Waals surface area contributed by atoms with Gasteiger partial charge in [0.1, 0.15) is 10.8 Å². The van der Waals surface area contributed by atoms with Crippen molar-refractivity contribution in [1.29, 1.82) is 0 Å². The lowest BCUT2D eigenvalue weighted by Crippen LogP contribution is -2.35. The number of carbonyl (C=O) groups is 1. The van der Waals surface area contributed by atoms with Gasteiger partial charge in [-0.05, 0) is 42.8 Å². The van der Waals surface area contributed by atoms with Crippen molar-refractivity contribution in [1.82, 2.24) is 10.3 Å². The van der Waals surface area contributed by atoms with E-state index in [0.29, 0.717) is 18.2 Å². The Kier molecular flexibility index (Phi) is 5.87. The van der Waals surface area contributed by atoms with Gasteiger partial charge in [-0.15, -0.1) is 0 Å². The van der Waals surface area contributed by atoms with E-state index in [1.807, 2.05) is 26.8 Å². The van der Waals surface area contributed by atoms with Crippen molar-refractivity contribution in [3.05, 3.63) is 21.9 Å². The van der Waals surface area contributed by atoms with Crippen LogP contribution in [-0.4, -0.2) is 29.8 Å². The number of carbonyl (C=O) groups excluding carboxylic acids is 1. The quantitative estimate of drug-likeness (QED) is 0.645. The predicted molar refractivity (Wildman–Crippen MR) is 79.7 cm³/mol. The van der Waals surface area contributed by atoms with Gasteiger partial charge >= 0.3 is 6.09 Å². The topological polar surface area (TPSA) is 63.2 Å². The Balaban J connectivity index is 2.27. The molecular weight excluding hydrogens is 334 g/mol. The summed E-state index contributed by atoms with van der Waals surface area (Å²) in [6, 6.07) is 1.82. The van der Waals surface area contributed by atoms with Gasteiger partial charge in [-0.2, -0.15) is 0 Å². The molecule has 0 aliphatic heterocycles. The second-order valence-electron chi connectivity index (χ2n) is 4.85. The van der Waals surface area contributed by atoms with Gasteiger partial charge in [-0.25, -0.2) is 9.78 Å². The summed E-state index contributed by atoms with van der Waals surface area (Å²) < 4.78 is 5.83. The summed E-state index contributed by atoms with van der Waals surface area (Å²) in [5, 5.41) is 6.18. The lowest BCUT2D eigenvalue weighted by molar-refractivity contribution is 0.0530. The van der Waals surface area contributed by atoms with Crippen LogP contribution in [0.2, 0.25) is 5.15 Å². The molecule has 5 nitrogen and oxygen atoms in total. The molecule has 0 aromatic carbocycles. The van der Waals surface area contributed by atoms with Crippen LogP contribution in [-0.2, 0) is 4.74 Å². The summed E-state index contributed by atoms with van der Waals surface area (Å²) in [5.41, 5.74) is 0.338. The van der Waals surface area contributed by atoms with Crippen molar-refractivity contribution in [2.75, 3.05) is 18.4 Å². The van der Waals surface area contributed by atoms with E-state index in [0.717, 1.165) is 10.2 Å². The van der Waals surface area contributed by atoms with Crippen molar-refractivity contribution < 1.29 is 9.53 Å². The van der Waals surface area contributed by atoms with Gasteiger partial charge in [0.2, 0.25) is 0 Å². The van der Waals surface area contributed by atoms with E-state index in [-0.39, 0.29) is 0 Å². The summed E-state index contributed by atoms with van der Waals surface area (Å²) >= 11 is 9.07. The number of alkyl carbamates (subject to hydrolysis) is 1. The van der Waals surface area contributed by atoms with Gasteiger partial charge in [0.05, 0.1) is 16.4 Å². The predicted octanol–water partition coefficient (Wildman–Crippen LogP) is 3.43. The van der Waals surface area contributed by atoms with Crippen LogP contribution in [0.25, 0.3) is 0 Å². The van der Waals surface area contributed by atoms with Gasteiger partial charge in [-0.1, -0.05) is 11.6 Å². The molecule has 1 amide bonds. The summed E-state index contributed by atoms with van der Waals surface area (Å²) in [6.07, 6.45) is 1.20. The third-order valence-corrected chi connectivity index (χ3v) is 3.05. The molecule has 1 rings (SSSR count). The molecule has 1 aromatic rings. The molecule has 19 heavy (non-hydrogen) atoms. The maximum atomic E-state index is 11.4. The van der Waals surface area contributed by atoms with Crippen LogP contribution in [0.3, 0.4) is 0 Å². The minimum atomic E-state index is -0.484. The second kappa shape index (κ2) is 6.96. The molecule has 0 spiro atoms. The van der Waals surface area contributed by atoms with Gasteiger partial charge < -0.3 is 15.4 Å². The largest absolute Gasteiger partial charge is 0.444 e. The maximum absolute atomic E-state index is 11.4. The molecule has 0 aliphatic carbocycles. The van der Waals surface area contributed by atoms with Crippen LogP contribution >= 0.6 is 27.5 Å². The second-order valence-corrected chi connectivity index (χ2v) is 6.06. The molecule has 0 atom stereocenters. The molecular formula is C12H17BrClN3O2. The highest BCUT2D eigenvalue weighted by Gasteiger charge is 2.15. The molecule has 0 aliphatic rings. The maximum Gasteiger partial charge on any atom is 0.407 e. The Morgan fingerprint density at radius 2 is 2.16 bits per heavy atom. The van der Waals surface area contributed by atoms with Crippen LogP contribution in [0.4, 0.5) is 10.5 Å². The highest BCUT2D eigenvalue weighted by atomic mass is 79.9. The standard InChI is InChI=1S/C12H17BrClN3O2/c1-12(2,3)19-11(18)16-5-4-15-8-6-9(13)10(14)17-7-8/h6-7,15H,4-5H2,1-3H3,(H,16,18). The normalized spacial score (nSPS) is 11.0. The number of hydrogen-bond donors (Lipinski definition) is 2. The molecule has 0 radical (unpaired) electrons. The zero-order chi connectivity index (χ0) is 14.5. The van der Waals surface area contributed by atoms with Crippen LogP contribution in [0.15, 0.2) is 16.7 Å². The molecule has 2 N–H and O–H groups in total. The Morgan fingerprint density at radius 1 is 1.47 bits per heavy atom. The van der Waals surface area contributed by atoms with Crippen molar-refractivity contribution in [3.8, 4) is 0 Å². The first kappa shape index (κ1) is 16.0. The number of ether oxygens (including phenoxy) is 1. The fourth-order valence-corrected chi connectivity index (χ4v) is 1.66. The summed E-state index contributed by atoms with van der Waals surface area (Å²) in [7, 11) is 0. The number of amides is 1. The number of halogens is 2. The van der Waals surface area contributed by atoms with Crippen molar-refractivity contribution in [2.24, 2.45) is 0 Å². The van der Waals surface area contributed by atoms with Crippen LogP contribution in [0, 0.1) is 0 Å². The van der Waals surface area contributed by atoms with E-state index < -0.39 is 11.7 Å². The lowest BCUT2D eigenvalue weighted by Gasteiger charge is -2.19. The molecule has 0 bridgehead atoms. The molecule has 0 unspecified atom stereocenters. The highest BCUT2D eigenvalue weighted by molar-refractivity contribution is 9.10. The third kappa shape index (κ3) is 6.63. The highest BCUT2D eigenvalue weighted by Crippen LogP contribution is 2.22. The number of anilines is 1. The fraction of sp³-hybridized carbons (Fsp3) is 0.500. The molecule has 7 heteroatoms. The third-order valence-electron chi connectivity index (χ3n) is 1.92. The van der Waals surface area contributed by atoms with E-state index in [1.54, 1.807) is 6.20 Å². The van der Waals surface area contributed by atoms with Crippen LogP contribution in [0.1, 0.15) is 20.8 Å². The van der Waals surface area contributed by atoms with E-state index in [9.17, 15) is 4.79 Å². The zero-order valence-electron chi connectivity index (χ0n) is 11.1. The molecule has 0 fully saturated rings. The molecule has 106 valence electrons. The molecule has 1 heterocycles. The first-order chi connectivity index (χ1) is 8.78. The van der Waals surface area contributed by atoms with Crippen molar-refractivity contribution in [2.45, 2.75) is 26.4 Å². The summed E-state index contributed by atoms with van der Waals surface area (Å²) in [4.78, 5) is 15.4. The van der Waals surface area contributed by atoms with Gasteiger partial charge in [0, 0.05) is 13.1 Å². The number of pyridine rings is 1. The molecule has 0 saturated carbocycles. The smallest absolute Gasteiger partial charge is 0.407 e. The monoisotopic (exact) mass is 349 g/mol. The minimum absolute atomic E-state index is 0.414. The first-order valence-electron chi connectivity index (χ1n) is 5.80. The summed E-state index contributed by atoms with van der Waals surface area (Å²) in [6.45, 7) is 6.48. The van der Waals surface area contributed by atoms with Gasteiger partial charge in [-0.3, -0.25) is 0 Å². The number of rotatable bonds is 4. The number of nitrogens with zero attached hydrogens (tertiary/aromatic N) is 1. The first-order valence-corrected chi connectivity index (χ1v) is 6.97. The van der Waals surface area contributed by atoms with E-state index in [4.69, 9.17) is 16.3 Å². The van der Waals surface area contributed by atoms with E-state index in [2.05, 4.69) is 31.5 Å². The Bertz CT molecular complexity index is 449. The van der Waals surface area contributed by atoms with E-state index >= 15 is 0 Å². The van der Waals surface area contributed by atoms with E-state index in [1.165, 1.54) is 0 Å². The number of aromatic nitrogens is 1. The minimum Gasteiger partial charge on any atom is -0.444 e. The molecule has 0 saturated heterocycles. The van der Waals surface area contributed by atoms with Crippen LogP contribution < -0.4 is 10.6 Å². The number of nitrogens with one attached hydrogen (secondary N) is 2. The fourth-order valence-electron chi connectivity index (χ4n) is 1.20. The molecule has 1 aromatic heterocycles. The lowest BCUT2D eigenvalue weighted by atomic mass is 10.2. The average Bonchev–Trinajstić information content (AvgIpc) is 2.27. The Morgan fingerprint density at radius 3 is 2.74 bits per heavy atom. The summed E-state index contributed by atoms with van der Waals surface area (Å²) in [5.74, 6) is 0. The van der Waals surface area contributed by atoms with Gasteiger partial charge in [0.25, 0.3) is 0 Å².